The molecule has 0 radical (unpaired) electrons. The number of nitrogens with two attached hydrogens (primary N) is 1. The molecular formula is C20H29N. The fraction of sp³-hybridized carbons (Fsp3) is 0.600. The van der Waals surface area contributed by atoms with Crippen LogP contribution in [0, 0.1) is 17.8 Å². The first-order valence-corrected chi connectivity index (χ1v) is 8.72. The first-order valence-electron chi connectivity index (χ1n) is 8.72. The molecule has 2 atom stereocenters. The summed E-state index contributed by atoms with van der Waals surface area (Å²) in [5.74, 6) is 3.27. The van der Waals surface area contributed by atoms with Crippen LogP contribution < -0.4 is 5.73 Å². The maximum absolute atomic E-state index is 5.64. The Balaban J connectivity index is 1.58. The van der Waals surface area contributed by atoms with Gasteiger partial charge in [-0.05, 0) is 79.0 Å². The second-order valence-corrected chi connectivity index (χ2v) is 7.11. The third-order valence-electron chi connectivity index (χ3n) is 5.95. The molecule has 2 fully saturated rings. The van der Waals surface area contributed by atoms with Gasteiger partial charge in [0, 0.05) is 0 Å². The first kappa shape index (κ1) is 14.8. The van der Waals surface area contributed by atoms with Crippen molar-refractivity contribution in [1.29, 1.82) is 0 Å². The van der Waals surface area contributed by atoms with Gasteiger partial charge in [-0.25, -0.2) is 0 Å². The molecule has 21 heavy (non-hydrogen) atoms. The SMILES string of the molecule is C=C(c1ccc(C2CCC2CC)cc1)C1CC(CCN)C1. The molecule has 3 rings (SSSR count). The summed E-state index contributed by atoms with van der Waals surface area (Å²) in [6.07, 6.45) is 7.88. The van der Waals surface area contributed by atoms with E-state index in [1.165, 1.54) is 49.7 Å². The van der Waals surface area contributed by atoms with Gasteiger partial charge in [0.15, 0.2) is 0 Å². The van der Waals surface area contributed by atoms with Crippen molar-refractivity contribution in [3.05, 3.63) is 42.0 Å². The van der Waals surface area contributed by atoms with Crippen LogP contribution in [-0.2, 0) is 0 Å². The van der Waals surface area contributed by atoms with Gasteiger partial charge >= 0.3 is 0 Å². The largest absolute Gasteiger partial charge is 0.330 e. The van der Waals surface area contributed by atoms with Gasteiger partial charge in [0.1, 0.15) is 0 Å². The number of rotatable bonds is 6. The zero-order valence-corrected chi connectivity index (χ0v) is 13.4. The van der Waals surface area contributed by atoms with Crippen molar-refractivity contribution in [3.8, 4) is 0 Å². The third-order valence-corrected chi connectivity index (χ3v) is 5.95. The predicted octanol–water partition coefficient (Wildman–Crippen LogP) is 4.98. The quantitative estimate of drug-likeness (QED) is 0.783. The molecule has 0 aliphatic heterocycles. The van der Waals surface area contributed by atoms with Crippen molar-refractivity contribution in [2.75, 3.05) is 6.54 Å². The highest BCUT2D eigenvalue weighted by molar-refractivity contribution is 5.66. The average Bonchev–Trinajstić information content (AvgIpc) is 2.42. The molecule has 2 aliphatic carbocycles. The van der Waals surface area contributed by atoms with Crippen molar-refractivity contribution in [2.24, 2.45) is 23.5 Å². The van der Waals surface area contributed by atoms with E-state index in [1.54, 1.807) is 5.56 Å². The van der Waals surface area contributed by atoms with Gasteiger partial charge < -0.3 is 5.73 Å². The van der Waals surface area contributed by atoms with Gasteiger partial charge in [-0.1, -0.05) is 44.2 Å². The number of allylic oxidation sites excluding steroid dienone is 1. The lowest BCUT2D eigenvalue weighted by molar-refractivity contribution is 0.237. The first-order chi connectivity index (χ1) is 10.2. The van der Waals surface area contributed by atoms with E-state index in [9.17, 15) is 0 Å². The van der Waals surface area contributed by atoms with Crippen LogP contribution in [0.5, 0.6) is 0 Å². The molecule has 1 heteroatoms. The Bertz CT molecular complexity index is 479. The Morgan fingerprint density at radius 2 is 1.90 bits per heavy atom. The molecule has 1 nitrogen and oxygen atoms in total. The highest BCUT2D eigenvalue weighted by Crippen LogP contribution is 2.46. The maximum Gasteiger partial charge on any atom is -0.00746 e. The summed E-state index contributed by atoms with van der Waals surface area (Å²) in [4.78, 5) is 0. The molecular weight excluding hydrogens is 254 g/mol. The van der Waals surface area contributed by atoms with Crippen molar-refractivity contribution >= 4 is 5.57 Å². The van der Waals surface area contributed by atoms with E-state index in [2.05, 4.69) is 37.8 Å². The van der Waals surface area contributed by atoms with E-state index in [0.29, 0.717) is 5.92 Å². The molecule has 2 unspecified atom stereocenters. The molecule has 0 saturated heterocycles. The van der Waals surface area contributed by atoms with E-state index >= 15 is 0 Å². The van der Waals surface area contributed by atoms with Crippen LogP contribution in [-0.4, -0.2) is 6.54 Å². The number of hydrogen-bond acceptors (Lipinski definition) is 1. The summed E-state index contributed by atoms with van der Waals surface area (Å²) in [5, 5.41) is 0. The fourth-order valence-corrected chi connectivity index (χ4v) is 4.17. The minimum absolute atomic E-state index is 0.694. The summed E-state index contributed by atoms with van der Waals surface area (Å²) in [5.41, 5.74) is 9.87. The van der Waals surface area contributed by atoms with Gasteiger partial charge in [0.2, 0.25) is 0 Å². The molecule has 0 bridgehead atoms. The van der Waals surface area contributed by atoms with Crippen LogP contribution in [0.2, 0.25) is 0 Å². The molecule has 0 aromatic heterocycles. The highest BCUT2D eigenvalue weighted by atomic mass is 14.5. The van der Waals surface area contributed by atoms with E-state index in [1.807, 2.05) is 0 Å². The van der Waals surface area contributed by atoms with Crippen LogP contribution in [0.15, 0.2) is 30.8 Å². The minimum atomic E-state index is 0.694. The van der Waals surface area contributed by atoms with Gasteiger partial charge in [0.25, 0.3) is 0 Å². The van der Waals surface area contributed by atoms with Crippen molar-refractivity contribution in [3.63, 3.8) is 0 Å². The smallest absolute Gasteiger partial charge is 0.00746 e. The van der Waals surface area contributed by atoms with Crippen LogP contribution in [0.4, 0.5) is 0 Å². The van der Waals surface area contributed by atoms with Crippen molar-refractivity contribution in [2.45, 2.75) is 51.4 Å². The molecule has 2 aliphatic rings. The monoisotopic (exact) mass is 283 g/mol. The van der Waals surface area contributed by atoms with E-state index in [4.69, 9.17) is 5.73 Å². The lowest BCUT2D eigenvalue weighted by atomic mass is 9.67. The van der Waals surface area contributed by atoms with E-state index < -0.39 is 0 Å². The van der Waals surface area contributed by atoms with Crippen LogP contribution in [0.25, 0.3) is 5.57 Å². The summed E-state index contributed by atoms with van der Waals surface area (Å²) < 4.78 is 0. The minimum Gasteiger partial charge on any atom is -0.330 e. The molecule has 1 aromatic rings. The van der Waals surface area contributed by atoms with Gasteiger partial charge in [-0.15, -0.1) is 0 Å². The second-order valence-electron chi connectivity index (χ2n) is 7.11. The third kappa shape index (κ3) is 2.94. The molecule has 114 valence electrons. The second kappa shape index (κ2) is 6.36. The molecule has 0 spiro atoms. The number of benzene rings is 1. The summed E-state index contributed by atoms with van der Waals surface area (Å²) >= 11 is 0. The Kier molecular flexibility index (Phi) is 4.49. The molecule has 1 aromatic carbocycles. The summed E-state index contributed by atoms with van der Waals surface area (Å²) in [6.45, 7) is 7.50. The van der Waals surface area contributed by atoms with Crippen LogP contribution >= 0.6 is 0 Å². The lowest BCUT2D eigenvalue weighted by Crippen LogP contribution is -2.26. The van der Waals surface area contributed by atoms with Crippen LogP contribution in [0.1, 0.15) is 62.5 Å². The van der Waals surface area contributed by atoms with Crippen molar-refractivity contribution in [1.82, 2.24) is 0 Å². The zero-order chi connectivity index (χ0) is 14.8. The number of hydrogen-bond donors (Lipinski definition) is 1. The molecule has 2 N–H and O–H groups in total. The average molecular weight is 283 g/mol. The standard InChI is InChI=1S/C20H29N/c1-3-16-8-9-20(16)18-6-4-17(5-7-18)14(2)19-12-15(13-19)10-11-21/h4-7,15-16,19-20H,2-3,8-13,21H2,1H3. The highest BCUT2D eigenvalue weighted by Gasteiger charge is 2.32. The van der Waals surface area contributed by atoms with E-state index in [-0.39, 0.29) is 0 Å². The van der Waals surface area contributed by atoms with Crippen LogP contribution in [0.3, 0.4) is 0 Å². The fourth-order valence-electron chi connectivity index (χ4n) is 4.17. The van der Waals surface area contributed by atoms with Gasteiger partial charge in [-0.3, -0.25) is 0 Å². The Morgan fingerprint density at radius 1 is 1.19 bits per heavy atom. The summed E-state index contributed by atoms with van der Waals surface area (Å²) in [7, 11) is 0. The summed E-state index contributed by atoms with van der Waals surface area (Å²) in [6, 6.07) is 9.31. The molecule has 2 saturated carbocycles. The topological polar surface area (TPSA) is 26.0 Å². The lowest BCUT2D eigenvalue weighted by Gasteiger charge is -2.38. The Hall–Kier alpha value is -1.08. The van der Waals surface area contributed by atoms with E-state index in [0.717, 1.165) is 24.3 Å². The molecule has 0 heterocycles. The molecule has 0 amide bonds. The predicted molar refractivity (Wildman–Crippen MR) is 91.1 cm³/mol. The zero-order valence-electron chi connectivity index (χ0n) is 13.4. The Morgan fingerprint density at radius 3 is 2.43 bits per heavy atom. The van der Waals surface area contributed by atoms with Gasteiger partial charge in [-0.2, -0.15) is 0 Å². The van der Waals surface area contributed by atoms with Gasteiger partial charge in [0.05, 0.1) is 0 Å². The maximum atomic E-state index is 5.64. The Labute approximate surface area is 129 Å². The normalized spacial score (nSPS) is 31.3. The van der Waals surface area contributed by atoms with Crippen molar-refractivity contribution < 1.29 is 0 Å².